The molecule has 43 heavy (non-hydrogen) atoms. The standard InChI is InChI=1S/C32H38FN3O6S/c1-23(2)20-34-32(38)28(18-24-8-5-4-6-9-24)35(21-25-11-13-26(33)14-12-25)31(37)10-7-17-36(43(3,39)40)27-15-16-29-30(19-27)42-22-41-29/h4-6,8-9,11-16,19,23,28H,7,10,17-18,20-22H2,1-3H3,(H,34,38)/t28-/m0/s1. The smallest absolute Gasteiger partial charge is 0.243 e. The Morgan fingerprint density at radius 2 is 1.65 bits per heavy atom. The van der Waals surface area contributed by atoms with E-state index in [0.29, 0.717) is 29.3 Å². The highest BCUT2D eigenvalue weighted by Gasteiger charge is 2.31. The van der Waals surface area contributed by atoms with Gasteiger partial charge in [-0.05, 0) is 47.7 Å². The minimum Gasteiger partial charge on any atom is -0.454 e. The third-order valence-electron chi connectivity index (χ3n) is 7.02. The van der Waals surface area contributed by atoms with E-state index in [1.165, 1.54) is 21.3 Å². The zero-order valence-electron chi connectivity index (χ0n) is 24.7. The van der Waals surface area contributed by atoms with Crippen molar-refractivity contribution in [2.45, 2.75) is 45.7 Å². The summed E-state index contributed by atoms with van der Waals surface area (Å²) in [6, 6.07) is 19.3. The molecule has 1 aliphatic rings. The number of nitrogens with zero attached hydrogens (tertiary/aromatic N) is 2. The average Bonchev–Trinajstić information content (AvgIpc) is 3.44. The van der Waals surface area contributed by atoms with Crippen LogP contribution in [0.4, 0.5) is 10.1 Å². The second kappa shape index (κ2) is 14.4. The van der Waals surface area contributed by atoms with E-state index in [-0.39, 0.29) is 56.9 Å². The highest BCUT2D eigenvalue weighted by Crippen LogP contribution is 2.36. The van der Waals surface area contributed by atoms with Crippen LogP contribution >= 0.6 is 0 Å². The third-order valence-corrected chi connectivity index (χ3v) is 8.21. The first-order chi connectivity index (χ1) is 20.5. The number of fused-ring (bicyclic) bond motifs is 1. The topological polar surface area (TPSA) is 105 Å². The lowest BCUT2D eigenvalue weighted by Gasteiger charge is -2.32. The maximum atomic E-state index is 13.9. The second-order valence-corrected chi connectivity index (χ2v) is 12.9. The SMILES string of the molecule is CC(C)CNC(=O)[C@H](Cc1ccccc1)N(Cc1ccc(F)cc1)C(=O)CCCN(c1ccc2c(c1)OCO2)S(C)(=O)=O. The lowest BCUT2D eigenvalue weighted by molar-refractivity contribution is -0.141. The number of halogens is 1. The van der Waals surface area contributed by atoms with E-state index in [4.69, 9.17) is 9.47 Å². The van der Waals surface area contributed by atoms with Crippen LogP contribution in [-0.2, 0) is 32.6 Å². The van der Waals surface area contributed by atoms with Crippen LogP contribution in [0, 0.1) is 11.7 Å². The summed E-state index contributed by atoms with van der Waals surface area (Å²) in [5, 5.41) is 2.97. The molecule has 1 heterocycles. The monoisotopic (exact) mass is 611 g/mol. The fourth-order valence-electron chi connectivity index (χ4n) is 4.81. The van der Waals surface area contributed by atoms with Crippen LogP contribution in [-0.4, -0.2) is 57.3 Å². The first-order valence-corrected chi connectivity index (χ1v) is 16.1. The Hall–Kier alpha value is -4.12. The molecule has 1 atom stereocenters. The largest absolute Gasteiger partial charge is 0.454 e. The predicted octanol–water partition coefficient (Wildman–Crippen LogP) is 4.51. The Bertz CT molecular complexity index is 1500. The van der Waals surface area contributed by atoms with Crippen LogP contribution < -0.4 is 19.1 Å². The van der Waals surface area contributed by atoms with Crippen molar-refractivity contribution < 1.29 is 31.9 Å². The molecular weight excluding hydrogens is 573 g/mol. The predicted molar refractivity (Wildman–Crippen MR) is 163 cm³/mol. The molecule has 3 aromatic carbocycles. The first-order valence-electron chi connectivity index (χ1n) is 14.2. The van der Waals surface area contributed by atoms with E-state index in [9.17, 15) is 22.4 Å². The van der Waals surface area contributed by atoms with Gasteiger partial charge in [-0.25, -0.2) is 12.8 Å². The van der Waals surface area contributed by atoms with Crippen molar-refractivity contribution in [2.24, 2.45) is 5.92 Å². The van der Waals surface area contributed by atoms with Gasteiger partial charge in [0.2, 0.25) is 28.6 Å². The molecule has 230 valence electrons. The number of hydrogen-bond acceptors (Lipinski definition) is 6. The quantitative estimate of drug-likeness (QED) is 0.288. The normalized spacial score (nSPS) is 13.0. The van der Waals surface area contributed by atoms with Crippen LogP contribution in [0.2, 0.25) is 0 Å². The van der Waals surface area contributed by atoms with Crippen LogP contribution in [0.15, 0.2) is 72.8 Å². The van der Waals surface area contributed by atoms with E-state index < -0.39 is 21.9 Å². The Kier molecular flexibility index (Phi) is 10.6. The maximum Gasteiger partial charge on any atom is 0.243 e. The third kappa shape index (κ3) is 8.93. The van der Waals surface area contributed by atoms with Crippen molar-refractivity contribution in [3.05, 3.63) is 89.7 Å². The van der Waals surface area contributed by atoms with Crippen molar-refractivity contribution >= 4 is 27.5 Å². The van der Waals surface area contributed by atoms with Gasteiger partial charge in [-0.2, -0.15) is 0 Å². The lowest BCUT2D eigenvalue weighted by atomic mass is 10.0. The molecule has 0 bridgehead atoms. The summed E-state index contributed by atoms with van der Waals surface area (Å²) in [4.78, 5) is 29.0. The summed E-state index contributed by atoms with van der Waals surface area (Å²) in [5.41, 5.74) is 1.95. The number of amides is 2. The summed E-state index contributed by atoms with van der Waals surface area (Å²) in [6.07, 6.45) is 1.58. The summed E-state index contributed by atoms with van der Waals surface area (Å²) >= 11 is 0. The Balaban J connectivity index is 1.57. The van der Waals surface area contributed by atoms with Crippen molar-refractivity contribution in [2.75, 3.05) is 30.4 Å². The second-order valence-electron chi connectivity index (χ2n) is 11.0. The average molecular weight is 612 g/mol. The molecule has 2 amide bonds. The van der Waals surface area contributed by atoms with Gasteiger partial charge < -0.3 is 19.7 Å². The van der Waals surface area contributed by atoms with Crippen molar-refractivity contribution in [3.8, 4) is 11.5 Å². The number of carbonyl (C=O) groups is 2. The molecule has 0 spiro atoms. The van der Waals surface area contributed by atoms with E-state index in [1.54, 1.807) is 30.3 Å². The molecule has 9 nitrogen and oxygen atoms in total. The highest BCUT2D eigenvalue weighted by molar-refractivity contribution is 7.92. The molecule has 4 rings (SSSR count). The van der Waals surface area contributed by atoms with Crippen LogP contribution in [0.1, 0.15) is 37.8 Å². The van der Waals surface area contributed by atoms with E-state index in [1.807, 2.05) is 44.2 Å². The minimum atomic E-state index is -3.68. The summed E-state index contributed by atoms with van der Waals surface area (Å²) < 4.78 is 51.1. The molecule has 0 radical (unpaired) electrons. The molecule has 0 saturated carbocycles. The number of benzene rings is 3. The number of rotatable bonds is 14. The zero-order chi connectivity index (χ0) is 31.0. The lowest BCUT2D eigenvalue weighted by Crippen LogP contribution is -2.51. The molecule has 0 fully saturated rings. The van der Waals surface area contributed by atoms with Crippen LogP contribution in [0.3, 0.4) is 0 Å². The fraction of sp³-hybridized carbons (Fsp3) is 0.375. The molecule has 11 heteroatoms. The van der Waals surface area contributed by atoms with Gasteiger partial charge in [0.05, 0.1) is 11.9 Å². The first kappa shape index (κ1) is 31.8. The van der Waals surface area contributed by atoms with E-state index in [2.05, 4.69) is 5.32 Å². The molecule has 0 unspecified atom stereocenters. The highest BCUT2D eigenvalue weighted by atomic mass is 32.2. The Labute approximate surface area is 252 Å². The fourth-order valence-corrected chi connectivity index (χ4v) is 5.76. The molecule has 1 N–H and O–H groups in total. The van der Waals surface area contributed by atoms with Gasteiger partial charge in [-0.1, -0.05) is 56.3 Å². The maximum absolute atomic E-state index is 13.9. The Morgan fingerprint density at radius 3 is 2.33 bits per heavy atom. The minimum absolute atomic E-state index is 0.0134. The van der Waals surface area contributed by atoms with Crippen molar-refractivity contribution in [1.82, 2.24) is 10.2 Å². The number of anilines is 1. The van der Waals surface area contributed by atoms with Crippen molar-refractivity contribution in [1.29, 1.82) is 0 Å². The van der Waals surface area contributed by atoms with E-state index in [0.717, 1.165) is 11.8 Å². The molecular formula is C32H38FN3O6S. The number of ether oxygens (including phenoxy) is 2. The van der Waals surface area contributed by atoms with Gasteiger partial charge in [0, 0.05) is 38.5 Å². The number of sulfonamides is 1. The molecule has 1 aliphatic heterocycles. The zero-order valence-corrected chi connectivity index (χ0v) is 25.5. The molecule has 0 saturated heterocycles. The Morgan fingerprint density at radius 1 is 0.953 bits per heavy atom. The number of hydrogen-bond donors (Lipinski definition) is 1. The van der Waals surface area contributed by atoms with Gasteiger partial charge in [0.25, 0.3) is 0 Å². The van der Waals surface area contributed by atoms with Gasteiger partial charge >= 0.3 is 0 Å². The summed E-state index contributed by atoms with van der Waals surface area (Å²) in [7, 11) is -3.68. The number of nitrogens with one attached hydrogen (secondary N) is 1. The summed E-state index contributed by atoms with van der Waals surface area (Å²) in [6.45, 7) is 4.61. The summed E-state index contributed by atoms with van der Waals surface area (Å²) in [5.74, 6) is 0.186. The van der Waals surface area contributed by atoms with Crippen molar-refractivity contribution in [3.63, 3.8) is 0 Å². The number of carbonyl (C=O) groups excluding carboxylic acids is 2. The molecule has 0 aliphatic carbocycles. The molecule has 3 aromatic rings. The van der Waals surface area contributed by atoms with Gasteiger partial charge in [-0.15, -0.1) is 0 Å². The van der Waals surface area contributed by atoms with Crippen LogP contribution in [0.25, 0.3) is 0 Å². The van der Waals surface area contributed by atoms with Gasteiger partial charge in [0.1, 0.15) is 11.9 Å². The van der Waals surface area contributed by atoms with Gasteiger partial charge in [0.15, 0.2) is 11.5 Å². The van der Waals surface area contributed by atoms with E-state index >= 15 is 0 Å². The molecule has 0 aromatic heterocycles. The van der Waals surface area contributed by atoms with Gasteiger partial charge in [-0.3, -0.25) is 13.9 Å². The van der Waals surface area contributed by atoms with Crippen LogP contribution in [0.5, 0.6) is 11.5 Å².